The zero-order valence-electron chi connectivity index (χ0n) is 9.03. The molecule has 1 heterocycles. The van der Waals surface area contributed by atoms with E-state index >= 15 is 0 Å². The van der Waals surface area contributed by atoms with Gasteiger partial charge in [0.1, 0.15) is 5.69 Å². The third-order valence-corrected chi connectivity index (χ3v) is 2.48. The Morgan fingerprint density at radius 1 is 1.40 bits per heavy atom. The summed E-state index contributed by atoms with van der Waals surface area (Å²) in [5, 5.41) is 0. The average molecular weight is 202 g/mol. The van der Waals surface area contributed by atoms with E-state index in [9.17, 15) is 4.79 Å². The van der Waals surface area contributed by atoms with Crippen molar-refractivity contribution in [3.05, 3.63) is 41.4 Å². The van der Waals surface area contributed by atoms with Crippen molar-refractivity contribution in [2.45, 2.75) is 12.8 Å². The van der Waals surface area contributed by atoms with Gasteiger partial charge in [-0.1, -0.05) is 6.07 Å². The highest BCUT2D eigenvalue weighted by atomic mass is 16.1. The van der Waals surface area contributed by atoms with E-state index in [0.29, 0.717) is 5.69 Å². The van der Waals surface area contributed by atoms with E-state index < -0.39 is 0 Å². The van der Waals surface area contributed by atoms with Crippen molar-refractivity contribution in [3.8, 4) is 0 Å². The van der Waals surface area contributed by atoms with Crippen molar-refractivity contribution in [2.75, 3.05) is 14.1 Å². The molecule has 0 aliphatic heterocycles. The fourth-order valence-electron chi connectivity index (χ4n) is 1.81. The largest absolute Gasteiger partial charge is 0.383 e. The highest BCUT2D eigenvalue weighted by Gasteiger charge is 2.22. The molecule has 0 radical (unpaired) electrons. The molecule has 1 aromatic heterocycles. The Kier molecular flexibility index (Phi) is 2.54. The van der Waals surface area contributed by atoms with Gasteiger partial charge in [-0.25, -0.2) is 0 Å². The molecule has 0 amide bonds. The Labute approximate surface area is 89.4 Å². The molecule has 0 unspecified atom stereocenters. The summed E-state index contributed by atoms with van der Waals surface area (Å²) < 4.78 is 0. The Bertz CT molecular complexity index is 421. The van der Waals surface area contributed by atoms with Crippen LogP contribution >= 0.6 is 0 Å². The van der Waals surface area contributed by atoms with Crippen molar-refractivity contribution in [1.82, 2.24) is 9.88 Å². The van der Waals surface area contributed by atoms with Gasteiger partial charge in [0.15, 0.2) is 0 Å². The molecule has 1 aromatic rings. The molecule has 0 bridgehead atoms. The minimum Gasteiger partial charge on any atom is -0.383 e. The molecule has 0 spiro atoms. The van der Waals surface area contributed by atoms with Gasteiger partial charge < -0.3 is 4.90 Å². The number of allylic oxidation sites excluding steroid dienone is 1. The van der Waals surface area contributed by atoms with E-state index in [-0.39, 0.29) is 5.78 Å². The van der Waals surface area contributed by atoms with E-state index in [4.69, 9.17) is 0 Å². The number of aryl methyl sites for hydroxylation is 1. The predicted octanol–water partition coefficient (Wildman–Crippen LogP) is 1.66. The first kappa shape index (κ1) is 9.90. The quantitative estimate of drug-likeness (QED) is 0.649. The summed E-state index contributed by atoms with van der Waals surface area (Å²) in [5.41, 5.74) is 2.54. The molecule has 0 aromatic carbocycles. The molecule has 0 saturated heterocycles. The van der Waals surface area contributed by atoms with Crippen LogP contribution in [0.15, 0.2) is 30.1 Å². The van der Waals surface area contributed by atoms with E-state index in [1.54, 1.807) is 6.20 Å². The molecular formula is C12H14N2O. The molecule has 0 saturated carbocycles. The number of rotatable bonds is 1. The number of carbonyl (C=O) groups is 1. The maximum atomic E-state index is 12.0. The van der Waals surface area contributed by atoms with Crippen molar-refractivity contribution < 1.29 is 4.79 Å². The molecule has 3 nitrogen and oxygen atoms in total. The van der Waals surface area contributed by atoms with Crippen LogP contribution in [-0.2, 0) is 6.42 Å². The Morgan fingerprint density at radius 3 is 2.93 bits per heavy atom. The second kappa shape index (κ2) is 3.85. The van der Waals surface area contributed by atoms with E-state index in [0.717, 1.165) is 24.0 Å². The summed E-state index contributed by atoms with van der Waals surface area (Å²) in [6, 6.07) is 3.86. The SMILES string of the molecule is CN(C)C=C1CCc2cccnc2C1=O. The van der Waals surface area contributed by atoms with Crippen LogP contribution in [0.1, 0.15) is 22.5 Å². The molecular weight excluding hydrogens is 188 g/mol. The lowest BCUT2D eigenvalue weighted by molar-refractivity contribution is 0.101. The first-order valence-electron chi connectivity index (χ1n) is 5.04. The van der Waals surface area contributed by atoms with Gasteiger partial charge >= 0.3 is 0 Å². The first-order valence-corrected chi connectivity index (χ1v) is 5.04. The molecule has 2 rings (SSSR count). The van der Waals surface area contributed by atoms with Crippen LogP contribution in [0.3, 0.4) is 0 Å². The number of hydrogen-bond donors (Lipinski definition) is 0. The maximum absolute atomic E-state index is 12.0. The lowest BCUT2D eigenvalue weighted by Gasteiger charge is -2.17. The Balaban J connectivity index is 2.38. The van der Waals surface area contributed by atoms with Gasteiger partial charge in [0.2, 0.25) is 5.78 Å². The van der Waals surface area contributed by atoms with Crippen molar-refractivity contribution >= 4 is 5.78 Å². The second-order valence-corrected chi connectivity index (χ2v) is 3.96. The van der Waals surface area contributed by atoms with Crippen LogP contribution < -0.4 is 0 Å². The molecule has 0 atom stereocenters. The van der Waals surface area contributed by atoms with Crippen LogP contribution in [0.5, 0.6) is 0 Å². The fraction of sp³-hybridized carbons (Fsp3) is 0.333. The van der Waals surface area contributed by atoms with Crippen LogP contribution in [0, 0.1) is 0 Å². The zero-order chi connectivity index (χ0) is 10.8. The maximum Gasteiger partial charge on any atom is 0.209 e. The van der Waals surface area contributed by atoms with Gasteiger partial charge in [0.25, 0.3) is 0 Å². The summed E-state index contributed by atoms with van der Waals surface area (Å²) >= 11 is 0. The number of pyridine rings is 1. The molecule has 3 heteroatoms. The third-order valence-electron chi connectivity index (χ3n) is 2.48. The lowest BCUT2D eigenvalue weighted by Crippen LogP contribution is -2.18. The van der Waals surface area contributed by atoms with Crippen LogP contribution in [0.4, 0.5) is 0 Å². The summed E-state index contributed by atoms with van der Waals surface area (Å²) in [6.45, 7) is 0. The Hall–Kier alpha value is -1.64. The molecule has 15 heavy (non-hydrogen) atoms. The minimum atomic E-state index is 0.0746. The standard InChI is InChI=1S/C12H14N2O/c1-14(2)8-10-6-5-9-4-3-7-13-11(9)12(10)15/h3-4,7-8H,5-6H2,1-2H3. The summed E-state index contributed by atoms with van der Waals surface area (Å²) in [7, 11) is 3.85. The third kappa shape index (κ3) is 1.91. The molecule has 1 aliphatic rings. The fourth-order valence-corrected chi connectivity index (χ4v) is 1.81. The summed E-state index contributed by atoms with van der Waals surface area (Å²) in [5.74, 6) is 0.0746. The minimum absolute atomic E-state index is 0.0746. The topological polar surface area (TPSA) is 33.2 Å². The second-order valence-electron chi connectivity index (χ2n) is 3.96. The summed E-state index contributed by atoms with van der Waals surface area (Å²) in [4.78, 5) is 18.0. The number of fused-ring (bicyclic) bond motifs is 1. The van der Waals surface area contributed by atoms with Gasteiger partial charge in [-0.05, 0) is 24.5 Å². The van der Waals surface area contributed by atoms with Gasteiger partial charge in [0.05, 0.1) is 0 Å². The molecule has 0 N–H and O–H groups in total. The normalized spacial score (nSPS) is 17.7. The monoisotopic (exact) mass is 202 g/mol. The summed E-state index contributed by atoms with van der Waals surface area (Å²) in [6.07, 6.45) is 5.29. The first-order chi connectivity index (χ1) is 7.18. The molecule has 0 fully saturated rings. The van der Waals surface area contributed by atoms with Crippen molar-refractivity contribution in [3.63, 3.8) is 0 Å². The van der Waals surface area contributed by atoms with Crippen LogP contribution in [0.2, 0.25) is 0 Å². The number of aromatic nitrogens is 1. The number of ketones is 1. The number of hydrogen-bond acceptors (Lipinski definition) is 3. The van der Waals surface area contributed by atoms with E-state index in [1.165, 1.54) is 0 Å². The smallest absolute Gasteiger partial charge is 0.209 e. The van der Waals surface area contributed by atoms with Gasteiger partial charge in [0, 0.05) is 32.1 Å². The predicted molar refractivity (Wildman–Crippen MR) is 58.7 cm³/mol. The molecule has 78 valence electrons. The van der Waals surface area contributed by atoms with Crippen molar-refractivity contribution in [2.24, 2.45) is 0 Å². The highest BCUT2D eigenvalue weighted by molar-refractivity contribution is 6.09. The number of carbonyl (C=O) groups excluding carboxylic acids is 1. The Morgan fingerprint density at radius 2 is 2.20 bits per heavy atom. The zero-order valence-corrected chi connectivity index (χ0v) is 9.03. The van der Waals surface area contributed by atoms with Crippen LogP contribution in [-0.4, -0.2) is 29.8 Å². The van der Waals surface area contributed by atoms with Crippen molar-refractivity contribution in [1.29, 1.82) is 0 Å². The van der Waals surface area contributed by atoms with Gasteiger partial charge in [-0.2, -0.15) is 0 Å². The lowest BCUT2D eigenvalue weighted by atomic mass is 9.91. The van der Waals surface area contributed by atoms with E-state index in [2.05, 4.69) is 4.98 Å². The van der Waals surface area contributed by atoms with Gasteiger partial charge in [-0.3, -0.25) is 9.78 Å². The van der Waals surface area contributed by atoms with Gasteiger partial charge in [-0.15, -0.1) is 0 Å². The highest BCUT2D eigenvalue weighted by Crippen LogP contribution is 2.23. The average Bonchev–Trinajstić information content (AvgIpc) is 2.22. The number of Topliss-reactive ketones (excluding diaryl/α,β-unsaturated/α-hetero) is 1. The number of nitrogens with zero attached hydrogens (tertiary/aromatic N) is 2. The van der Waals surface area contributed by atoms with E-state index in [1.807, 2.05) is 37.3 Å². The molecule has 1 aliphatic carbocycles. The van der Waals surface area contributed by atoms with Crippen LogP contribution in [0.25, 0.3) is 0 Å².